The number of aryl methyl sites for hydroxylation is 1. The van der Waals surface area contributed by atoms with Crippen molar-refractivity contribution in [2.75, 3.05) is 7.11 Å². The van der Waals surface area contributed by atoms with Crippen molar-refractivity contribution in [2.24, 2.45) is 0 Å². The summed E-state index contributed by atoms with van der Waals surface area (Å²) in [5.74, 6) is 0.414. The van der Waals surface area contributed by atoms with E-state index in [1.54, 1.807) is 25.6 Å². The second-order valence-corrected chi connectivity index (χ2v) is 4.43. The third-order valence-electron chi connectivity index (χ3n) is 2.97. The molecule has 100 valence electrons. The second-order valence-electron chi connectivity index (χ2n) is 4.43. The smallest absolute Gasteiger partial charge is 0.255 e. The monoisotopic (exact) mass is 259 g/mol. The molecule has 0 radical (unpaired) electrons. The van der Waals surface area contributed by atoms with Crippen LogP contribution < -0.4 is 10.1 Å². The molecule has 2 aromatic rings. The number of methoxy groups -OCH3 is 1. The summed E-state index contributed by atoms with van der Waals surface area (Å²) in [7, 11) is 1.56. The molecule has 0 saturated heterocycles. The van der Waals surface area contributed by atoms with E-state index >= 15 is 0 Å². The van der Waals surface area contributed by atoms with Gasteiger partial charge in [0.25, 0.3) is 5.91 Å². The number of nitrogens with one attached hydrogen (secondary N) is 2. The van der Waals surface area contributed by atoms with Crippen LogP contribution in [0.1, 0.15) is 34.5 Å². The number of aromatic amines is 1. The molecule has 0 fully saturated rings. The number of rotatable bonds is 4. The Bertz CT molecular complexity index is 564. The van der Waals surface area contributed by atoms with Gasteiger partial charge < -0.3 is 10.1 Å². The van der Waals surface area contributed by atoms with Gasteiger partial charge in [0.1, 0.15) is 5.75 Å². The van der Waals surface area contributed by atoms with Crippen molar-refractivity contribution in [3.8, 4) is 5.75 Å². The van der Waals surface area contributed by atoms with Crippen LogP contribution in [-0.2, 0) is 0 Å². The highest BCUT2D eigenvalue weighted by molar-refractivity contribution is 5.97. The fourth-order valence-electron chi connectivity index (χ4n) is 1.85. The van der Waals surface area contributed by atoms with Gasteiger partial charge in [0.05, 0.1) is 24.9 Å². The second kappa shape index (κ2) is 5.56. The number of ether oxygens (including phenoxy) is 1. The molecule has 0 spiro atoms. The highest BCUT2D eigenvalue weighted by Gasteiger charge is 2.16. The zero-order valence-corrected chi connectivity index (χ0v) is 11.2. The van der Waals surface area contributed by atoms with Crippen molar-refractivity contribution >= 4 is 5.91 Å². The molecule has 1 amide bonds. The lowest BCUT2D eigenvalue weighted by Crippen LogP contribution is -2.26. The summed E-state index contributed by atoms with van der Waals surface area (Å²) in [6, 6.07) is 5.41. The van der Waals surface area contributed by atoms with Gasteiger partial charge in [-0.25, -0.2) is 0 Å². The van der Waals surface area contributed by atoms with Gasteiger partial charge in [0.2, 0.25) is 0 Å². The molecule has 2 rings (SSSR count). The molecular formula is C14H17N3O2. The lowest BCUT2D eigenvalue weighted by Gasteiger charge is -2.14. The van der Waals surface area contributed by atoms with Crippen LogP contribution in [0, 0.1) is 6.92 Å². The minimum absolute atomic E-state index is 0.114. The van der Waals surface area contributed by atoms with Gasteiger partial charge in [-0.3, -0.25) is 9.89 Å². The molecule has 0 aliphatic rings. The van der Waals surface area contributed by atoms with E-state index in [0.717, 1.165) is 11.1 Å². The molecule has 1 atom stereocenters. The molecule has 1 aromatic heterocycles. The molecule has 2 N–H and O–H groups in total. The van der Waals surface area contributed by atoms with Crippen molar-refractivity contribution in [1.82, 2.24) is 15.5 Å². The molecule has 5 heteroatoms. The van der Waals surface area contributed by atoms with Gasteiger partial charge in [0, 0.05) is 11.8 Å². The average molecular weight is 259 g/mol. The van der Waals surface area contributed by atoms with E-state index in [0.29, 0.717) is 11.3 Å². The predicted molar refractivity (Wildman–Crippen MR) is 72.2 cm³/mol. The Morgan fingerprint density at radius 2 is 2.26 bits per heavy atom. The van der Waals surface area contributed by atoms with E-state index < -0.39 is 0 Å². The molecule has 19 heavy (non-hydrogen) atoms. The third-order valence-corrected chi connectivity index (χ3v) is 2.97. The molecular weight excluding hydrogens is 242 g/mol. The van der Waals surface area contributed by atoms with Gasteiger partial charge in [-0.2, -0.15) is 5.10 Å². The van der Waals surface area contributed by atoms with E-state index in [4.69, 9.17) is 4.74 Å². The Morgan fingerprint density at radius 1 is 1.47 bits per heavy atom. The van der Waals surface area contributed by atoms with Crippen molar-refractivity contribution < 1.29 is 9.53 Å². The number of carbonyl (C=O) groups is 1. The molecule has 0 aliphatic carbocycles. The lowest BCUT2D eigenvalue weighted by molar-refractivity contribution is 0.0937. The van der Waals surface area contributed by atoms with Crippen molar-refractivity contribution in [1.29, 1.82) is 0 Å². The van der Waals surface area contributed by atoms with Crippen LogP contribution in [0.15, 0.2) is 30.6 Å². The number of amides is 1. The van der Waals surface area contributed by atoms with Crippen LogP contribution in [0.25, 0.3) is 0 Å². The van der Waals surface area contributed by atoms with Crippen LogP contribution in [0.2, 0.25) is 0 Å². The van der Waals surface area contributed by atoms with Crippen molar-refractivity contribution in [2.45, 2.75) is 19.9 Å². The highest BCUT2D eigenvalue weighted by Crippen LogP contribution is 2.20. The van der Waals surface area contributed by atoms with E-state index in [2.05, 4.69) is 15.5 Å². The van der Waals surface area contributed by atoms with Crippen molar-refractivity contribution in [3.63, 3.8) is 0 Å². The fraction of sp³-hybridized carbons (Fsp3) is 0.286. The Balaban J connectivity index is 2.18. The summed E-state index contributed by atoms with van der Waals surface area (Å²) in [6.07, 6.45) is 3.46. The molecule has 0 saturated carbocycles. The van der Waals surface area contributed by atoms with Gasteiger partial charge >= 0.3 is 0 Å². The number of aromatic nitrogens is 2. The number of hydrogen-bond acceptors (Lipinski definition) is 3. The zero-order chi connectivity index (χ0) is 13.8. The first kappa shape index (κ1) is 13.1. The Kier molecular flexibility index (Phi) is 3.85. The molecule has 1 aromatic carbocycles. The van der Waals surface area contributed by atoms with E-state index in [1.165, 1.54) is 0 Å². The summed E-state index contributed by atoms with van der Waals surface area (Å²) in [5, 5.41) is 9.52. The molecule has 5 nitrogen and oxygen atoms in total. The molecule has 1 unspecified atom stereocenters. The first-order chi connectivity index (χ1) is 9.11. The van der Waals surface area contributed by atoms with Crippen LogP contribution in [0.4, 0.5) is 0 Å². The molecule has 0 aliphatic heterocycles. The highest BCUT2D eigenvalue weighted by atomic mass is 16.5. The molecule has 1 heterocycles. The maximum Gasteiger partial charge on any atom is 0.255 e. The quantitative estimate of drug-likeness (QED) is 0.884. The number of carbonyl (C=O) groups excluding carboxylic acids is 1. The lowest BCUT2D eigenvalue weighted by atomic mass is 10.1. The Hall–Kier alpha value is -2.30. The van der Waals surface area contributed by atoms with Crippen LogP contribution in [0.5, 0.6) is 5.75 Å². The standard InChI is InChI=1S/C14H17N3O2/c1-9-4-5-13(19-3)12(6-9)14(18)17-10(2)11-7-15-16-8-11/h4-8,10H,1-3H3,(H,15,16)(H,17,18). The van der Waals surface area contributed by atoms with Crippen LogP contribution in [0.3, 0.4) is 0 Å². The summed E-state index contributed by atoms with van der Waals surface area (Å²) in [6.45, 7) is 3.85. The Labute approximate surface area is 112 Å². The average Bonchev–Trinajstić information content (AvgIpc) is 2.92. The number of nitrogens with zero attached hydrogens (tertiary/aromatic N) is 1. The first-order valence-corrected chi connectivity index (χ1v) is 6.06. The maximum atomic E-state index is 12.3. The van der Waals surface area contributed by atoms with Crippen LogP contribution in [-0.4, -0.2) is 23.2 Å². The zero-order valence-electron chi connectivity index (χ0n) is 11.2. The fourth-order valence-corrected chi connectivity index (χ4v) is 1.85. The maximum absolute atomic E-state index is 12.3. The van der Waals surface area contributed by atoms with Gasteiger partial charge in [-0.15, -0.1) is 0 Å². The number of benzene rings is 1. The van der Waals surface area contributed by atoms with Gasteiger partial charge in [-0.05, 0) is 26.0 Å². The summed E-state index contributed by atoms with van der Waals surface area (Å²) >= 11 is 0. The topological polar surface area (TPSA) is 67.0 Å². The largest absolute Gasteiger partial charge is 0.496 e. The number of H-pyrrole nitrogens is 1. The predicted octanol–water partition coefficient (Wildman–Crippen LogP) is 2.22. The third kappa shape index (κ3) is 2.93. The van der Waals surface area contributed by atoms with Crippen molar-refractivity contribution in [3.05, 3.63) is 47.3 Å². The summed E-state index contributed by atoms with van der Waals surface area (Å²) in [4.78, 5) is 12.3. The minimum Gasteiger partial charge on any atom is -0.496 e. The Morgan fingerprint density at radius 3 is 2.89 bits per heavy atom. The summed E-state index contributed by atoms with van der Waals surface area (Å²) in [5.41, 5.74) is 2.49. The summed E-state index contributed by atoms with van der Waals surface area (Å²) < 4.78 is 5.21. The van der Waals surface area contributed by atoms with E-state index in [1.807, 2.05) is 26.0 Å². The molecule has 0 bridgehead atoms. The van der Waals surface area contributed by atoms with Gasteiger partial charge in [-0.1, -0.05) is 11.6 Å². The number of hydrogen-bond donors (Lipinski definition) is 2. The van der Waals surface area contributed by atoms with Gasteiger partial charge in [0.15, 0.2) is 0 Å². The first-order valence-electron chi connectivity index (χ1n) is 6.06. The van der Waals surface area contributed by atoms with E-state index in [9.17, 15) is 4.79 Å². The SMILES string of the molecule is COc1ccc(C)cc1C(=O)NC(C)c1cn[nH]c1. The normalized spacial score (nSPS) is 11.9. The minimum atomic E-state index is -0.158. The van der Waals surface area contributed by atoms with Crippen LogP contribution >= 0.6 is 0 Å². The van der Waals surface area contributed by atoms with E-state index in [-0.39, 0.29) is 11.9 Å².